The SMILES string of the molecule is CCCCOCCNC(=O)c1cc(Br)cc(N)c1C. The maximum atomic E-state index is 12.0. The van der Waals surface area contributed by atoms with Crippen molar-refractivity contribution in [1.29, 1.82) is 0 Å². The van der Waals surface area contributed by atoms with E-state index in [1.165, 1.54) is 0 Å². The molecule has 0 saturated carbocycles. The predicted octanol–water partition coefficient (Wildman–Crippen LogP) is 2.89. The molecule has 0 aliphatic rings. The number of anilines is 1. The van der Waals surface area contributed by atoms with Crippen molar-refractivity contribution in [2.24, 2.45) is 0 Å². The normalized spacial score (nSPS) is 10.5. The molecule has 106 valence electrons. The third-order valence-corrected chi connectivity index (χ3v) is 3.29. The quantitative estimate of drug-likeness (QED) is 0.597. The largest absolute Gasteiger partial charge is 0.398 e. The molecular formula is C14H21BrN2O2. The molecule has 0 unspecified atom stereocenters. The summed E-state index contributed by atoms with van der Waals surface area (Å²) in [7, 11) is 0. The highest BCUT2D eigenvalue weighted by molar-refractivity contribution is 9.10. The topological polar surface area (TPSA) is 64.3 Å². The molecule has 0 heterocycles. The highest BCUT2D eigenvalue weighted by atomic mass is 79.9. The standard InChI is InChI=1S/C14H21BrN2O2/c1-3-4-6-19-7-5-17-14(18)12-8-11(15)9-13(16)10(12)2/h8-9H,3-7,16H2,1-2H3,(H,17,18). The fourth-order valence-electron chi connectivity index (χ4n) is 1.62. The van der Waals surface area contributed by atoms with E-state index in [4.69, 9.17) is 10.5 Å². The molecule has 0 aromatic heterocycles. The van der Waals surface area contributed by atoms with Crippen LogP contribution in [0.5, 0.6) is 0 Å². The minimum absolute atomic E-state index is 0.121. The highest BCUT2D eigenvalue weighted by Gasteiger charge is 2.11. The molecule has 0 saturated heterocycles. The van der Waals surface area contributed by atoms with Gasteiger partial charge < -0.3 is 15.8 Å². The first-order chi connectivity index (χ1) is 9.06. The number of amides is 1. The lowest BCUT2D eigenvalue weighted by Gasteiger charge is -2.10. The Hall–Kier alpha value is -1.07. The van der Waals surface area contributed by atoms with E-state index in [1.807, 2.05) is 6.92 Å². The van der Waals surface area contributed by atoms with Crippen LogP contribution in [-0.4, -0.2) is 25.7 Å². The second kappa shape index (κ2) is 8.17. The molecule has 1 amide bonds. The van der Waals surface area contributed by atoms with Crippen molar-refractivity contribution in [3.63, 3.8) is 0 Å². The van der Waals surface area contributed by atoms with Crippen molar-refractivity contribution in [2.45, 2.75) is 26.7 Å². The monoisotopic (exact) mass is 328 g/mol. The maximum absolute atomic E-state index is 12.0. The lowest BCUT2D eigenvalue weighted by molar-refractivity contribution is 0.0912. The van der Waals surface area contributed by atoms with Crippen LogP contribution < -0.4 is 11.1 Å². The molecule has 4 nitrogen and oxygen atoms in total. The number of carbonyl (C=O) groups is 1. The van der Waals surface area contributed by atoms with Crippen LogP contribution in [0.25, 0.3) is 0 Å². The Bertz CT molecular complexity index is 436. The van der Waals surface area contributed by atoms with E-state index in [2.05, 4.69) is 28.2 Å². The van der Waals surface area contributed by atoms with Crippen molar-refractivity contribution in [3.05, 3.63) is 27.7 Å². The minimum Gasteiger partial charge on any atom is -0.398 e. The van der Waals surface area contributed by atoms with Gasteiger partial charge in [0.2, 0.25) is 0 Å². The number of hydrogen-bond donors (Lipinski definition) is 2. The highest BCUT2D eigenvalue weighted by Crippen LogP contribution is 2.22. The van der Waals surface area contributed by atoms with Crippen molar-refractivity contribution in [1.82, 2.24) is 5.32 Å². The number of halogens is 1. The van der Waals surface area contributed by atoms with Crippen LogP contribution in [-0.2, 0) is 4.74 Å². The fourth-order valence-corrected chi connectivity index (χ4v) is 2.09. The fraction of sp³-hybridized carbons (Fsp3) is 0.500. The predicted molar refractivity (Wildman–Crippen MR) is 81.4 cm³/mol. The second-order valence-corrected chi connectivity index (χ2v) is 5.31. The molecule has 0 spiro atoms. The van der Waals surface area contributed by atoms with Crippen molar-refractivity contribution < 1.29 is 9.53 Å². The van der Waals surface area contributed by atoms with Gasteiger partial charge in [-0.05, 0) is 31.0 Å². The van der Waals surface area contributed by atoms with Gasteiger partial charge in [-0.2, -0.15) is 0 Å². The van der Waals surface area contributed by atoms with E-state index in [0.29, 0.717) is 24.4 Å². The van der Waals surface area contributed by atoms with Crippen LogP contribution in [0.2, 0.25) is 0 Å². The average Bonchev–Trinajstić information content (AvgIpc) is 2.37. The lowest BCUT2D eigenvalue weighted by Crippen LogP contribution is -2.28. The van der Waals surface area contributed by atoms with Gasteiger partial charge in [0.05, 0.1) is 6.61 Å². The molecule has 0 radical (unpaired) electrons. The summed E-state index contributed by atoms with van der Waals surface area (Å²) < 4.78 is 6.19. The number of rotatable bonds is 7. The Balaban J connectivity index is 2.46. The first kappa shape index (κ1) is 16.0. The lowest BCUT2D eigenvalue weighted by atomic mass is 10.1. The Kier molecular flexibility index (Phi) is 6.87. The first-order valence-electron chi connectivity index (χ1n) is 6.47. The molecule has 3 N–H and O–H groups in total. The van der Waals surface area contributed by atoms with Gasteiger partial charge in [0, 0.05) is 28.9 Å². The molecular weight excluding hydrogens is 308 g/mol. The molecule has 0 atom stereocenters. The zero-order valence-corrected chi connectivity index (χ0v) is 13.0. The van der Waals surface area contributed by atoms with Gasteiger partial charge in [-0.3, -0.25) is 4.79 Å². The number of nitrogen functional groups attached to an aromatic ring is 1. The third-order valence-electron chi connectivity index (χ3n) is 2.83. The minimum atomic E-state index is -0.121. The first-order valence-corrected chi connectivity index (χ1v) is 7.27. The summed E-state index contributed by atoms with van der Waals surface area (Å²) in [4.78, 5) is 12.0. The van der Waals surface area contributed by atoms with Crippen molar-refractivity contribution >= 4 is 27.5 Å². The number of carbonyl (C=O) groups excluding carboxylic acids is 1. The Morgan fingerprint density at radius 3 is 2.84 bits per heavy atom. The molecule has 1 aromatic carbocycles. The van der Waals surface area contributed by atoms with E-state index < -0.39 is 0 Å². The molecule has 0 aliphatic carbocycles. The number of nitrogens with one attached hydrogen (secondary N) is 1. The number of unbranched alkanes of at least 4 members (excludes halogenated alkanes) is 1. The summed E-state index contributed by atoms with van der Waals surface area (Å²) >= 11 is 3.34. The zero-order chi connectivity index (χ0) is 14.3. The summed E-state index contributed by atoms with van der Waals surface area (Å²) in [6.45, 7) is 5.75. The molecule has 19 heavy (non-hydrogen) atoms. The van der Waals surface area contributed by atoms with E-state index in [0.717, 1.165) is 29.5 Å². The smallest absolute Gasteiger partial charge is 0.251 e. The van der Waals surface area contributed by atoms with Gasteiger partial charge in [-0.25, -0.2) is 0 Å². The Morgan fingerprint density at radius 2 is 2.16 bits per heavy atom. The van der Waals surface area contributed by atoms with Crippen molar-refractivity contribution in [2.75, 3.05) is 25.5 Å². The maximum Gasteiger partial charge on any atom is 0.251 e. The van der Waals surface area contributed by atoms with Crippen LogP contribution in [0.4, 0.5) is 5.69 Å². The van der Waals surface area contributed by atoms with Gasteiger partial charge in [0.15, 0.2) is 0 Å². The molecule has 1 rings (SSSR count). The summed E-state index contributed by atoms with van der Waals surface area (Å²) in [6.07, 6.45) is 2.16. The van der Waals surface area contributed by atoms with E-state index >= 15 is 0 Å². The zero-order valence-electron chi connectivity index (χ0n) is 11.5. The van der Waals surface area contributed by atoms with E-state index in [9.17, 15) is 4.79 Å². The van der Waals surface area contributed by atoms with Gasteiger partial charge >= 0.3 is 0 Å². The van der Waals surface area contributed by atoms with Gasteiger partial charge in [0.1, 0.15) is 0 Å². The van der Waals surface area contributed by atoms with Crippen LogP contribution in [0.15, 0.2) is 16.6 Å². The van der Waals surface area contributed by atoms with E-state index in [1.54, 1.807) is 12.1 Å². The number of ether oxygens (including phenoxy) is 1. The second-order valence-electron chi connectivity index (χ2n) is 4.39. The Labute approximate surface area is 122 Å². The molecule has 0 fully saturated rings. The van der Waals surface area contributed by atoms with Crippen LogP contribution >= 0.6 is 15.9 Å². The van der Waals surface area contributed by atoms with Gasteiger partial charge in [-0.15, -0.1) is 0 Å². The molecule has 1 aromatic rings. The Morgan fingerprint density at radius 1 is 1.42 bits per heavy atom. The number of benzene rings is 1. The van der Waals surface area contributed by atoms with E-state index in [-0.39, 0.29) is 5.91 Å². The van der Waals surface area contributed by atoms with Crippen LogP contribution in [0.1, 0.15) is 35.7 Å². The number of nitrogens with two attached hydrogens (primary N) is 1. The average molecular weight is 329 g/mol. The van der Waals surface area contributed by atoms with Crippen LogP contribution in [0, 0.1) is 6.92 Å². The summed E-state index contributed by atoms with van der Waals surface area (Å²) in [5.74, 6) is -0.121. The summed E-state index contributed by atoms with van der Waals surface area (Å²) in [5, 5.41) is 2.83. The third kappa shape index (κ3) is 5.20. The summed E-state index contributed by atoms with van der Waals surface area (Å²) in [6, 6.07) is 3.57. The summed E-state index contributed by atoms with van der Waals surface area (Å²) in [5.41, 5.74) is 7.84. The molecule has 5 heteroatoms. The van der Waals surface area contributed by atoms with Gasteiger partial charge in [-0.1, -0.05) is 29.3 Å². The van der Waals surface area contributed by atoms with Gasteiger partial charge in [0.25, 0.3) is 5.91 Å². The van der Waals surface area contributed by atoms with Crippen LogP contribution in [0.3, 0.4) is 0 Å². The number of hydrogen-bond acceptors (Lipinski definition) is 3. The molecule has 0 bridgehead atoms. The van der Waals surface area contributed by atoms with Crippen molar-refractivity contribution in [3.8, 4) is 0 Å². The molecule has 0 aliphatic heterocycles.